The zero-order chi connectivity index (χ0) is 12.5. The topological polar surface area (TPSA) is 66.1 Å². The fourth-order valence-corrected chi connectivity index (χ4v) is 4.45. The molecule has 2 rings (SSSR count). The molecule has 4 nitrogen and oxygen atoms in total. The first kappa shape index (κ1) is 12.8. The smallest absolute Gasteiger partial charge is 0.214 e. The van der Waals surface area contributed by atoms with E-state index in [1.165, 1.54) is 0 Å². The van der Waals surface area contributed by atoms with Crippen molar-refractivity contribution >= 4 is 32.3 Å². The average Bonchev–Trinajstić information content (AvgIpc) is 2.18. The Morgan fingerprint density at radius 1 is 1.59 bits per heavy atom. The standard InChI is InChI=1S/C11H12IN3OS/c1-17(16,15-8-13)11(5-2-6-11)9-3-4-10(12)14-7-9/h3-4,7H,2,5-6H2,1H3. The van der Waals surface area contributed by atoms with Gasteiger partial charge in [-0.3, -0.25) is 0 Å². The van der Waals surface area contributed by atoms with E-state index in [0.717, 1.165) is 28.5 Å². The molecule has 0 saturated heterocycles. The lowest BCUT2D eigenvalue weighted by molar-refractivity contribution is 0.358. The second kappa shape index (κ2) is 4.53. The first-order valence-electron chi connectivity index (χ1n) is 5.24. The lowest BCUT2D eigenvalue weighted by Gasteiger charge is -2.42. The number of nitrogens with zero attached hydrogens (tertiary/aromatic N) is 3. The van der Waals surface area contributed by atoms with Crippen LogP contribution in [0.3, 0.4) is 0 Å². The van der Waals surface area contributed by atoms with Gasteiger partial charge in [-0.1, -0.05) is 6.07 Å². The molecule has 0 N–H and O–H groups in total. The highest BCUT2D eigenvalue weighted by molar-refractivity contribution is 14.1. The maximum absolute atomic E-state index is 12.6. The van der Waals surface area contributed by atoms with E-state index in [4.69, 9.17) is 5.26 Å². The van der Waals surface area contributed by atoms with E-state index in [0.29, 0.717) is 0 Å². The van der Waals surface area contributed by atoms with E-state index >= 15 is 0 Å². The number of hydrogen-bond acceptors (Lipinski definition) is 4. The number of pyridine rings is 1. The van der Waals surface area contributed by atoms with Crippen molar-refractivity contribution < 1.29 is 4.21 Å². The fourth-order valence-electron chi connectivity index (χ4n) is 2.19. The van der Waals surface area contributed by atoms with Gasteiger partial charge in [-0.2, -0.15) is 5.26 Å². The molecular weight excluding hydrogens is 349 g/mol. The molecule has 0 aliphatic heterocycles. The predicted molar refractivity (Wildman–Crippen MR) is 74.6 cm³/mol. The van der Waals surface area contributed by atoms with Crippen molar-refractivity contribution in [2.24, 2.45) is 4.36 Å². The quantitative estimate of drug-likeness (QED) is 0.462. The maximum Gasteiger partial charge on any atom is 0.214 e. The Bertz CT molecular complexity index is 578. The second-order valence-electron chi connectivity index (χ2n) is 4.21. The van der Waals surface area contributed by atoms with E-state index in [9.17, 15) is 4.21 Å². The van der Waals surface area contributed by atoms with Gasteiger partial charge in [0, 0.05) is 12.5 Å². The van der Waals surface area contributed by atoms with Crippen LogP contribution in [0.4, 0.5) is 0 Å². The van der Waals surface area contributed by atoms with Gasteiger partial charge in [-0.05, 0) is 53.5 Å². The highest BCUT2D eigenvalue weighted by Gasteiger charge is 2.46. The van der Waals surface area contributed by atoms with Crippen LogP contribution >= 0.6 is 22.6 Å². The molecule has 0 bridgehead atoms. The highest BCUT2D eigenvalue weighted by Crippen LogP contribution is 2.48. The largest absolute Gasteiger partial charge is 0.250 e. The number of nitriles is 1. The van der Waals surface area contributed by atoms with E-state index in [-0.39, 0.29) is 0 Å². The SMILES string of the molecule is CS(=O)(=NC#N)C1(c2ccc(I)nc2)CCC1. The summed E-state index contributed by atoms with van der Waals surface area (Å²) < 4.78 is 16.6. The fraction of sp³-hybridized carbons (Fsp3) is 0.455. The third-order valence-electron chi connectivity index (χ3n) is 3.35. The molecule has 1 aliphatic rings. The van der Waals surface area contributed by atoms with Gasteiger partial charge in [0.25, 0.3) is 0 Å². The molecule has 1 unspecified atom stereocenters. The Morgan fingerprint density at radius 2 is 2.29 bits per heavy atom. The zero-order valence-corrected chi connectivity index (χ0v) is 12.4. The molecule has 1 heterocycles. The summed E-state index contributed by atoms with van der Waals surface area (Å²) in [6.45, 7) is 0. The summed E-state index contributed by atoms with van der Waals surface area (Å²) in [4.78, 5) is 4.24. The Balaban J connectivity index is 2.54. The van der Waals surface area contributed by atoms with Crippen LogP contribution in [0.5, 0.6) is 0 Å². The monoisotopic (exact) mass is 361 g/mol. The van der Waals surface area contributed by atoms with Crippen LogP contribution in [0.2, 0.25) is 0 Å². The number of halogens is 1. The van der Waals surface area contributed by atoms with Crippen molar-refractivity contribution in [3.8, 4) is 6.19 Å². The third kappa shape index (κ3) is 2.06. The number of aromatic nitrogens is 1. The van der Waals surface area contributed by atoms with Crippen LogP contribution in [-0.2, 0) is 14.5 Å². The van der Waals surface area contributed by atoms with Gasteiger partial charge < -0.3 is 0 Å². The summed E-state index contributed by atoms with van der Waals surface area (Å²) in [6, 6.07) is 3.85. The first-order valence-corrected chi connectivity index (χ1v) is 8.24. The van der Waals surface area contributed by atoms with Crippen LogP contribution in [-0.4, -0.2) is 15.4 Å². The molecule has 1 atom stereocenters. The molecule has 90 valence electrons. The Kier molecular flexibility index (Phi) is 3.41. The summed E-state index contributed by atoms with van der Waals surface area (Å²) in [5.74, 6) is 0. The van der Waals surface area contributed by atoms with E-state index in [1.807, 2.05) is 12.1 Å². The first-order chi connectivity index (χ1) is 8.02. The van der Waals surface area contributed by atoms with Crippen molar-refractivity contribution in [1.82, 2.24) is 4.98 Å². The minimum Gasteiger partial charge on any atom is -0.250 e. The predicted octanol–water partition coefficient (Wildman–Crippen LogP) is 2.64. The third-order valence-corrected chi connectivity index (χ3v) is 6.52. The molecule has 0 aromatic carbocycles. The van der Waals surface area contributed by atoms with E-state index < -0.39 is 14.5 Å². The number of rotatable bonds is 2. The van der Waals surface area contributed by atoms with Gasteiger partial charge in [-0.15, -0.1) is 4.36 Å². The van der Waals surface area contributed by atoms with Gasteiger partial charge in [0.15, 0.2) is 0 Å². The van der Waals surface area contributed by atoms with E-state index in [2.05, 4.69) is 31.9 Å². The summed E-state index contributed by atoms with van der Waals surface area (Å²) in [7, 11) is -2.53. The van der Waals surface area contributed by atoms with Gasteiger partial charge in [-0.25, -0.2) is 9.19 Å². The molecule has 0 radical (unpaired) electrons. The Labute approximate surface area is 115 Å². The van der Waals surface area contributed by atoms with Crippen molar-refractivity contribution in [3.63, 3.8) is 0 Å². The summed E-state index contributed by atoms with van der Waals surface area (Å²) in [5.41, 5.74) is 0.940. The Morgan fingerprint density at radius 3 is 2.71 bits per heavy atom. The van der Waals surface area contributed by atoms with Crippen LogP contribution in [0, 0.1) is 15.2 Å². The van der Waals surface area contributed by atoms with Gasteiger partial charge >= 0.3 is 0 Å². The van der Waals surface area contributed by atoms with Crippen molar-refractivity contribution in [3.05, 3.63) is 27.6 Å². The molecule has 1 aliphatic carbocycles. The Hall–Kier alpha value is -0.680. The van der Waals surface area contributed by atoms with Gasteiger partial charge in [0.1, 0.15) is 3.70 Å². The van der Waals surface area contributed by atoms with Crippen molar-refractivity contribution in [1.29, 1.82) is 5.26 Å². The van der Waals surface area contributed by atoms with Crippen LogP contribution in [0.1, 0.15) is 24.8 Å². The minimum atomic E-state index is -2.53. The summed E-state index contributed by atoms with van der Waals surface area (Å²) >= 11 is 2.13. The molecular formula is C11H12IN3OS. The zero-order valence-electron chi connectivity index (χ0n) is 9.39. The highest BCUT2D eigenvalue weighted by atomic mass is 127. The maximum atomic E-state index is 12.6. The normalized spacial score (nSPS) is 20.8. The molecule has 1 fully saturated rings. The van der Waals surface area contributed by atoms with Crippen LogP contribution in [0.15, 0.2) is 22.7 Å². The molecule has 6 heteroatoms. The average molecular weight is 361 g/mol. The lowest BCUT2D eigenvalue weighted by Crippen LogP contribution is -2.41. The molecule has 1 saturated carbocycles. The molecule has 0 spiro atoms. The van der Waals surface area contributed by atoms with Gasteiger partial charge in [0.2, 0.25) is 6.19 Å². The van der Waals surface area contributed by atoms with E-state index in [1.54, 1.807) is 18.6 Å². The lowest BCUT2D eigenvalue weighted by atomic mass is 9.79. The molecule has 1 aromatic heterocycles. The van der Waals surface area contributed by atoms with Crippen LogP contribution in [0.25, 0.3) is 0 Å². The minimum absolute atomic E-state index is 0.472. The summed E-state index contributed by atoms with van der Waals surface area (Å²) in [6.07, 6.45) is 7.68. The molecule has 17 heavy (non-hydrogen) atoms. The summed E-state index contributed by atoms with van der Waals surface area (Å²) in [5, 5.41) is 8.66. The molecule has 0 amide bonds. The van der Waals surface area contributed by atoms with Crippen molar-refractivity contribution in [2.45, 2.75) is 24.0 Å². The van der Waals surface area contributed by atoms with Gasteiger partial charge in [0.05, 0.1) is 14.5 Å². The number of hydrogen-bond donors (Lipinski definition) is 0. The van der Waals surface area contributed by atoms with Crippen molar-refractivity contribution in [2.75, 3.05) is 6.26 Å². The second-order valence-corrected chi connectivity index (χ2v) is 7.89. The molecule has 1 aromatic rings. The van der Waals surface area contributed by atoms with Crippen LogP contribution < -0.4 is 0 Å².